The second-order valence-corrected chi connectivity index (χ2v) is 4.47. The van der Waals surface area contributed by atoms with Crippen LogP contribution < -0.4 is 10.5 Å². The molecular weight excluding hydrogens is 278 g/mol. The van der Waals surface area contributed by atoms with E-state index >= 15 is 0 Å². The normalized spacial score (nSPS) is 10.1. The molecule has 104 valence electrons. The summed E-state index contributed by atoms with van der Waals surface area (Å²) in [6.07, 6.45) is 0. The van der Waals surface area contributed by atoms with Crippen LogP contribution in [0.1, 0.15) is 17.3 Å². The summed E-state index contributed by atoms with van der Waals surface area (Å²) in [6.45, 7) is 2.11. The molecule has 0 radical (unpaired) electrons. The highest BCUT2D eigenvalue weighted by atomic mass is 35.5. The van der Waals surface area contributed by atoms with E-state index in [-0.39, 0.29) is 5.97 Å². The third-order valence-electron chi connectivity index (χ3n) is 2.57. The minimum absolute atomic E-state index is 0.346. The molecule has 0 aliphatic heterocycles. The number of rotatable bonds is 4. The molecule has 0 aliphatic rings. The van der Waals surface area contributed by atoms with Crippen LogP contribution in [0.15, 0.2) is 42.5 Å². The largest absolute Gasteiger partial charge is 0.462 e. The van der Waals surface area contributed by atoms with Crippen molar-refractivity contribution in [1.82, 2.24) is 0 Å². The first kappa shape index (κ1) is 14.2. The Hall–Kier alpha value is -2.20. The van der Waals surface area contributed by atoms with Gasteiger partial charge in [-0.15, -0.1) is 0 Å². The molecule has 0 saturated heterocycles. The molecule has 0 unspecified atom stereocenters. The van der Waals surface area contributed by atoms with Crippen molar-refractivity contribution in [3.63, 3.8) is 0 Å². The highest BCUT2D eigenvalue weighted by Gasteiger charge is 2.07. The number of carbonyl (C=O) groups excluding carboxylic acids is 1. The van der Waals surface area contributed by atoms with Crippen LogP contribution in [0.4, 0.5) is 5.69 Å². The highest BCUT2D eigenvalue weighted by Crippen LogP contribution is 2.29. The predicted molar refractivity (Wildman–Crippen MR) is 78.3 cm³/mol. The number of hydrogen-bond acceptors (Lipinski definition) is 4. The van der Waals surface area contributed by atoms with Crippen molar-refractivity contribution in [2.75, 3.05) is 12.3 Å². The SMILES string of the molecule is CCOC(=O)c1ccc(Oc2ccc(Cl)cc2N)cc1. The van der Waals surface area contributed by atoms with Gasteiger partial charge in [-0.05, 0) is 49.4 Å². The maximum Gasteiger partial charge on any atom is 0.338 e. The first-order valence-corrected chi connectivity index (χ1v) is 6.48. The van der Waals surface area contributed by atoms with Gasteiger partial charge in [-0.25, -0.2) is 4.79 Å². The molecule has 0 aliphatic carbocycles. The molecular formula is C15H14ClNO3. The molecule has 0 bridgehead atoms. The molecule has 0 fully saturated rings. The lowest BCUT2D eigenvalue weighted by Gasteiger charge is -2.09. The minimum Gasteiger partial charge on any atom is -0.462 e. The lowest BCUT2D eigenvalue weighted by atomic mass is 10.2. The Morgan fingerprint density at radius 2 is 1.90 bits per heavy atom. The van der Waals surface area contributed by atoms with Crippen molar-refractivity contribution < 1.29 is 14.3 Å². The van der Waals surface area contributed by atoms with Gasteiger partial charge >= 0.3 is 5.97 Å². The van der Waals surface area contributed by atoms with Crippen LogP contribution in [0.5, 0.6) is 11.5 Å². The lowest BCUT2D eigenvalue weighted by molar-refractivity contribution is 0.0526. The molecule has 2 N–H and O–H groups in total. The maximum atomic E-state index is 11.5. The Kier molecular flexibility index (Phi) is 4.48. The van der Waals surface area contributed by atoms with Crippen molar-refractivity contribution >= 4 is 23.3 Å². The quantitative estimate of drug-likeness (QED) is 0.686. The molecule has 0 spiro atoms. The van der Waals surface area contributed by atoms with Gasteiger partial charge in [0.1, 0.15) is 11.5 Å². The van der Waals surface area contributed by atoms with Gasteiger partial charge in [0.2, 0.25) is 0 Å². The van der Waals surface area contributed by atoms with Crippen LogP contribution in [0, 0.1) is 0 Å². The fourth-order valence-corrected chi connectivity index (χ4v) is 1.79. The Labute approximate surface area is 122 Å². The molecule has 5 heteroatoms. The zero-order valence-corrected chi connectivity index (χ0v) is 11.7. The van der Waals surface area contributed by atoms with E-state index in [1.54, 1.807) is 49.4 Å². The summed E-state index contributed by atoms with van der Waals surface area (Å²) in [5, 5.41) is 0.549. The lowest BCUT2D eigenvalue weighted by Crippen LogP contribution is -2.04. The van der Waals surface area contributed by atoms with Gasteiger partial charge < -0.3 is 15.2 Å². The van der Waals surface area contributed by atoms with Crippen LogP contribution in [0.2, 0.25) is 5.02 Å². The van der Waals surface area contributed by atoms with Crippen molar-refractivity contribution in [3.8, 4) is 11.5 Å². The number of carbonyl (C=O) groups is 1. The summed E-state index contributed by atoms with van der Waals surface area (Å²) >= 11 is 5.82. The van der Waals surface area contributed by atoms with Gasteiger partial charge in [0.05, 0.1) is 17.9 Å². The van der Waals surface area contributed by atoms with Crippen LogP contribution in [0.3, 0.4) is 0 Å². The van der Waals surface area contributed by atoms with E-state index in [1.165, 1.54) is 0 Å². The third kappa shape index (κ3) is 3.42. The van der Waals surface area contributed by atoms with Crippen molar-refractivity contribution in [1.29, 1.82) is 0 Å². The van der Waals surface area contributed by atoms with E-state index in [0.29, 0.717) is 34.4 Å². The van der Waals surface area contributed by atoms with Crippen LogP contribution in [-0.2, 0) is 4.74 Å². The average molecular weight is 292 g/mol. The van der Waals surface area contributed by atoms with Crippen molar-refractivity contribution in [2.45, 2.75) is 6.92 Å². The van der Waals surface area contributed by atoms with Gasteiger partial charge in [0, 0.05) is 5.02 Å². The number of ether oxygens (including phenoxy) is 2. The van der Waals surface area contributed by atoms with Crippen molar-refractivity contribution in [2.24, 2.45) is 0 Å². The molecule has 0 amide bonds. The maximum absolute atomic E-state index is 11.5. The monoisotopic (exact) mass is 291 g/mol. The van der Waals surface area contributed by atoms with Gasteiger partial charge in [-0.1, -0.05) is 11.6 Å². The van der Waals surface area contributed by atoms with Gasteiger partial charge in [0.25, 0.3) is 0 Å². The molecule has 2 aromatic carbocycles. The second-order valence-electron chi connectivity index (χ2n) is 4.03. The zero-order chi connectivity index (χ0) is 14.5. The molecule has 20 heavy (non-hydrogen) atoms. The fourth-order valence-electron chi connectivity index (χ4n) is 1.61. The van der Waals surface area contributed by atoms with Crippen LogP contribution in [-0.4, -0.2) is 12.6 Å². The van der Waals surface area contributed by atoms with E-state index in [0.717, 1.165) is 0 Å². The highest BCUT2D eigenvalue weighted by molar-refractivity contribution is 6.30. The van der Waals surface area contributed by atoms with E-state index in [4.69, 9.17) is 26.8 Å². The molecule has 0 saturated carbocycles. The number of nitrogen functional groups attached to an aromatic ring is 1. The van der Waals surface area contributed by atoms with Crippen molar-refractivity contribution in [3.05, 3.63) is 53.1 Å². The summed E-state index contributed by atoms with van der Waals surface area (Å²) in [5.41, 5.74) is 6.73. The smallest absolute Gasteiger partial charge is 0.338 e. The van der Waals surface area contributed by atoms with E-state index in [1.807, 2.05) is 0 Å². The molecule has 0 heterocycles. The summed E-state index contributed by atoms with van der Waals surface area (Å²) in [4.78, 5) is 11.5. The number of benzene rings is 2. The summed E-state index contributed by atoms with van der Waals surface area (Å²) in [5.74, 6) is 0.732. The predicted octanol–water partition coefficient (Wildman–Crippen LogP) is 3.89. The first-order valence-electron chi connectivity index (χ1n) is 6.10. The third-order valence-corrected chi connectivity index (χ3v) is 2.80. The van der Waals surface area contributed by atoms with E-state index in [2.05, 4.69) is 0 Å². The average Bonchev–Trinajstić information content (AvgIpc) is 2.43. The molecule has 2 rings (SSSR count). The van der Waals surface area contributed by atoms with E-state index in [9.17, 15) is 4.79 Å². The van der Waals surface area contributed by atoms with Gasteiger partial charge in [0.15, 0.2) is 0 Å². The Balaban J connectivity index is 2.12. The Morgan fingerprint density at radius 1 is 1.20 bits per heavy atom. The number of anilines is 1. The number of nitrogens with two attached hydrogens (primary N) is 1. The Morgan fingerprint density at radius 3 is 2.50 bits per heavy atom. The molecule has 0 atom stereocenters. The second kappa shape index (κ2) is 6.30. The molecule has 4 nitrogen and oxygen atoms in total. The first-order chi connectivity index (χ1) is 9.60. The summed E-state index contributed by atoms with van der Waals surface area (Å²) in [7, 11) is 0. The minimum atomic E-state index is -0.356. The number of esters is 1. The topological polar surface area (TPSA) is 61.5 Å². The molecule has 0 aromatic heterocycles. The summed E-state index contributed by atoms with van der Waals surface area (Å²) < 4.78 is 10.5. The Bertz CT molecular complexity index is 611. The van der Waals surface area contributed by atoms with Gasteiger partial charge in [-0.2, -0.15) is 0 Å². The van der Waals surface area contributed by atoms with Gasteiger partial charge in [-0.3, -0.25) is 0 Å². The van der Waals surface area contributed by atoms with E-state index < -0.39 is 0 Å². The summed E-state index contributed by atoms with van der Waals surface area (Å²) in [6, 6.07) is 11.6. The number of halogens is 1. The fraction of sp³-hybridized carbons (Fsp3) is 0.133. The van der Waals surface area contributed by atoms with Crippen LogP contribution in [0.25, 0.3) is 0 Å². The number of hydrogen-bond donors (Lipinski definition) is 1. The molecule has 2 aromatic rings. The van der Waals surface area contributed by atoms with Crippen LogP contribution >= 0.6 is 11.6 Å². The standard InChI is InChI=1S/C15H14ClNO3/c1-2-19-15(18)10-3-6-12(7-4-10)20-14-8-5-11(16)9-13(14)17/h3-9H,2,17H2,1H3. The zero-order valence-electron chi connectivity index (χ0n) is 10.9.